The summed E-state index contributed by atoms with van der Waals surface area (Å²) in [5, 5.41) is 5.72. The van der Waals surface area contributed by atoms with E-state index >= 15 is 0 Å². The standard InChI is InChI=1S/C14H17N3S/c1-2-4-12(5-3-1)14-9-17(7-6-15-14)8-13-10-18-11-16-13/h1-5,10-11,14-15H,6-9H2. The van der Waals surface area contributed by atoms with Gasteiger partial charge >= 0.3 is 0 Å². The van der Waals surface area contributed by atoms with Crippen LogP contribution in [0.1, 0.15) is 17.3 Å². The van der Waals surface area contributed by atoms with E-state index in [1.54, 1.807) is 11.3 Å². The number of hydrogen-bond acceptors (Lipinski definition) is 4. The zero-order chi connectivity index (χ0) is 12.2. The maximum atomic E-state index is 4.36. The van der Waals surface area contributed by atoms with Gasteiger partial charge in [-0.25, -0.2) is 4.98 Å². The average Bonchev–Trinajstić information content (AvgIpc) is 2.93. The van der Waals surface area contributed by atoms with E-state index in [0.29, 0.717) is 6.04 Å². The molecule has 18 heavy (non-hydrogen) atoms. The van der Waals surface area contributed by atoms with Crippen LogP contribution in [0.2, 0.25) is 0 Å². The molecule has 0 spiro atoms. The van der Waals surface area contributed by atoms with E-state index in [-0.39, 0.29) is 0 Å². The molecule has 0 aliphatic carbocycles. The van der Waals surface area contributed by atoms with Gasteiger partial charge in [-0.1, -0.05) is 30.3 Å². The fraction of sp³-hybridized carbons (Fsp3) is 0.357. The highest BCUT2D eigenvalue weighted by Gasteiger charge is 2.20. The summed E-state index contributed by atoms with van der Waals surface area (Å²) in [7, 11) is 0. The molecule has 1 aliphatic rings. The lowest BCUT2D eigenvalue weighted by molar-refractivity contribution is 0.191. The number of hydrogen-bond donors (Lipinski definition) is 1. The van der Waals surface area contributed by atoms with Crippen molar-refractivity contribution in [1.29, 1.82) is 0 Å². The molecule has 0 bridgehead atoms. The molecule has 0 radical (unpaired) electrons. The van der Waals surface area contributed by atoms with Crippen molar-refractivity contribution in [3.63, 3.8) is 0 Å². The molecule has 1 saturated heterocycles. The number of nitrogens with one attached hydrogen (secondary N) is 1. The average molecular weight is 259 g/mol. The number of piperazine rings is 1. The van der Waals surface area contributed by atoms with Gasteiger partial charge in [0.15, 0.2) is 0 Å². The number of nitrogens with zero attached hydrogens (tertiary/aromatic N) is 2. The Balaban J connectivity index is 1.65. The largest absolute Gasteiger partial charge is 0.308 e. The summed E-state index contributed by atoms with van der Waals surface area (Å²) in [6, 6.07) is 11.1. The highest BCUT2D eigenvalue weighted by molar-refractivity contribution is 7.07. The monoisotopic (exact) mass is 259 g/mol. The van der Waals surface area contributed by atoms with Crippen LogP contribution in [0.5, 0.6) is 0 Å². The minimum absolute atomic E-state index is 0.443. The zero-order valence-electron chi connectivity index (χ0n) is 10.2. The van der Waals surface area contributed by atoms with E-state index in [9.17, 15) is 0 Å². The molecular formula is C14H17N3S. The molecule has 1 aromatic carbocycles. The van der Waals surface area contributed by atoms with E-state index in [1.807, 2.05) is 5.51 Å². The summed E-state index contributed by atoms with van der Waals surface area (Å²) >= 11 is 1.67. The Kier molecular flexibility index (Phi) is 3.69. The molecule has 2 aromatic rings. The molecule has 3 nitrogen and oxygen atoms in total. The van der Waals surface area contributed by atoms with Gasteiger partial charge in [-0.3, -0.25) is 4.90 Å². The summed E-state index contributed by atoms with van der Waals surface area (Å²) in [6.45, 7) is 4.17. The van der Waals surface area contributed by atoms with Crippen molar-refractivity contribution in [1.82, 2.24) is 15.2 Å². The summed E-state index contributed by atoms with van der Waals surface area (Å²) in [4.78, 5) is 6.84. The molecule has 0 amide bonds. The van der Waals surface area contributed by atoms with Crippen molar-refractivity contribution < 1.29 is 0 Å². The molecule has 1 N–H and O–H groups in total. The van der Waals surface area contributed by atoms with Crippen LogP contribution in [0.4, 0.5) is 0 Å². The zero-order valence-corrected chi connectivity index (χ0v) is 11.1. The van der Waals surface area contributed by atoms with Gasteiger partial charge in [0.25, 0.3) is 0 Å². The number of thiazole rings is 1. The van der Waals surface area contributed by atoms with Crippen LogP contribution in [-0.4, -0.2) is 29.5 Å². The SMILES string of the molecule is c1ccc(C2CN(Cc3cscn3)CCN2)cc1. The van der Waals surface area contributed by atoms with Crippen LogP contribution < -0.4 is 5.32 Å². The van der Waals surface area contributed by atoms with E-state index < -0.39 is 0 Å². The Bertz CT molecular complexity index is 469. The molecule has 4 heteroatoms. The summed E-state index contributed by atoms with van der Waals surface area (Å²) in [5.41, 5.74) is 4.47. The Labute approximate surface area is 111 Å². The topological polar surface area (TPSA) is 28.2 Å². The predicted octanol–water partition coefficient (Wildman–Crippen LogP) is 2.29. The van der Waals surface area contributed by atoms with E-state index in [0.717, 1.165) is 26.2 Å². The minimum atomic E-state index is 0.443. The first kappa shape index (κ1) is 11.8. The summed E-state index contributed by atoms with van der Waals surface area (Å²) < 4.78 is 0. The van der Waals surface area contributed by atoms with Crippen LogP contribution in [0, 0.1) is 0 Å². The van der Waals surface area contributed by atoms with Gasteiger partial charge in [0.05, 0.1) is 11.2 Å². The minimum Gasteiger partial charge on any atom is -0.308 e. The molecular weight excluding hydrogens is 242 g/mol. The van der Waals surface area contributed by atoms with Gasteiger partial charge in [-0.2, -0.15) is 0 Å². The predicted molar refractivity (Wildman–Crippen MR) is 74.6 cm³/mol. The van der Waals surface area contributed by atoms with E-state index in [4.69, 9.17) is 0 Å². The van der Waals surface area contributed by atoms with Gasteiger partial charge in [0, 0.05) is 37.6 Å². The summed E-state index contributed by atoms with van der Waals surface area (Å²) in [5.74, 6) is 0. The Morgan fingerprint density at radius 3 is 3.00 bits per heavy atom. The number of benzene rings is 1. The van der Waals surface area contributed by atoms with Crippen molar-refractivity contribution in [2.24, 2.45) is 0 Å². The molecule has 1 unspecified atom stereocenters. The third-order valence-corrected chi connectivity index (χ3v) is 3.97. The van der Waals surface area contributed by atoms with Gasteiger partial charge in [0.2, 0.25) is 0 Å². The third kappa shape index (κ3) is 2.77. The molecule has 2 heterocycles. The lowest BCUT2D eigenvalue weighted by Crippen LogP contribution is -2.45. The molecule has 94 valence electrons. The van der Waals surface area contributed by atoms with Crippen LogP contribution in [-0.2, 0) is 6.54 Å². The number of rotatable bonds is 3. The highest BCUT2D eigenvalue weighted by atomic mass is 32.1. The molecule has 3 rings (SSSR count). The maximum Gasteiger partial charge on any atom is 0.0795 e. The second kappa shape index (κ2) is 5.61. The second-order valence-corrected chi connectivity index (χ2v) is 5.35. The van der Waals surface area contributed by atoms with Crippen LogP contribution in [0.3, 0.4) is 0 Å². The summed E-state index contributed by atoms with van der Waals surface area (Å²) in [6.07, 6.45) is 0. The van der Waals surface area contributed by atoms with Crippen molar-refractivity contribution in [3.05, 3.63) is 52.5 Å². The van der Waals surface area contributed by atoms with Gasteiger partial charge in [-0.15, -0.1) is 11.3 Å². The van der Waals surface area contributed by atoms with Crippen molar-refractivity contribution in [3.8, 4) is 0 Å². The van der Waals surface area contributed by atoms with Crippen molar-refractivity contribution >= 4 is 11.3 Å². The fourth-order valence-electron chi connectivity index (χ4n) is 2.41. The first-order valence-electron chi connectivity index (χ1n) is 6.29. The van der Waals surface area contributed by atoms with E-state index in [1.165, 1.54) is 11.3 Å². The first-order valence-corrected chi connectivity index (χ1v) is 7.24. The van der Waals surface area contributed by atoms with Crippen molar-refractivity contribution in [2.75, 3.05) is 19.6 Å². The van der Waals surface area contributed by atoms with Crippen LogP contribution in [0.15, 0.2) is 41.2 Å². The third-order valence-electron chi connectivity index (χ3n) is 3.33. The van der Waals surface area contributed by atoms with E-state index in [2.05, 4.69) is 50.9 Å². The van der Waals surface area contributed by atoms with Gasteiger partial charge < -0.3 is 5.32 Å². The lowest BCUT2D eigenvalue weighted by Gasteiger charge is -2.33. The van der Waals surface area contributed by atoms with Gasteiger partial charge in [-0.05, 0) is 5.56 Å². The maximum absolute atomic E-state index is 4.36. The highest BCUT2D eigenvalue weighted by Crippen LogP contribution is 2.18. The van der Waals surface area contributed by atoms with Crippen LogP contribution >= 0.6 is 11.3 Å². The smallest absolute Gasteiger partial charge is 0.0795 e. The Hall–Kier alpha value is -1.23. The van der Waals surface area contributed by atoms with Crippen molar-refractivity contribution in [2.45, 2.75) is 12.6 Å². The molecule has 1 fully saturated rings. The molecule has 1 atom stereocenters. The lowest BCUT2D eigenvalue weighted by atomic mass is 10.0. The fourth-order valence-corrected chi connectivity index (χ4v) is 2.96. The Morgan fingerprint density at radius 2 is 2.22 bits per heavy atom. The first-order chi connectivity index (χ1) is 8.92. The molecule has 1 aromatic heterocycles. The number of aromatic nitrogens is 1. The second-order valence-electron chi connectivity index (χ2n) is 4.63. The molecule has 1 aliphatic heterocycles. The van der Waals surface area contributed by atoms with Gasteiger partial charge in [0.1, 0.15) is 0 Å². The quantitative estimate of drug-likeness (QED) is 0.916. The van der Waals surface area contributed by atoms with Crippen LogP contribution in [0.25, 0.3) is 0 Å². The normalized spacial score (nSPS) is 21.0. The Morgan fingerprint density at radius 1 is 1.33 bits per heavy atom. The molecule has 0 saturated carbocycles.